The van der Waals surface area contributed by atoms with Crippen LogP contribution in [0.25, 0.3) is 5.69 Å². The van der Waals surface area contributed by atoms with E-state index in [0.717, 1.165) is 16.8 Å². The van der Waals surface area contributed by atoms with E-state index in [9.17, 15) is 18.7 Å². The molecule has 2 atom stereocenters. The molecular weight excluding hydrogens is 394 g/mol. The van der Waals surface area contributed by atoms with Crippen LogP contribution in [0.4, 0.5) is 8.78 Å². The number of nitrogens with zero attached hydrogens (tertiary/aromatic N) is 6. The van der Waals surface area contributed by atoms with E-state index in [1.807, 2.05) is 6.07 Å². The average Bonchev–Trinajstić information content (AvgIpc) is 3.37. The largest absolute Gasteiger partial charge is 0.381 e. The molecule has 2 heterocycles. The van der Waals surface area contributed by atoms with Gasteiger partial charge < -0.3 is 5.11 Å². The second-order valence-electron chi connectivity index (χ2n) is 6.88. The summed E-state index contributed by atoms with van der Waals surface area (Å²) in [5, 5.41) is 19.7. The third-order valence-corrected chi connectivity index (χ3v) is 5.05. The van der Waals surface area contributed by atoms with Crippen molar-refractivity contribution in [1.82, 2.24) is 29.1 Å². The van der Waals surface area contributed by atoms with E-state index < -0.39 is 29.0 Å². The van der Waals surface area contributed by atoms with Gasteiger partial charge in [0.1, 0.15) is 36.2 Å². The molecule has 1 N–H and O–H groups in total. The van der Waals surface area contributed by atoms with E-state index in [1.54, 1.807) is 24.3 Å². The number of para-hydroxylation sites is 1. The molecule has 0 bridgehead atoms. The van der Waals surface area contributed by atoms with Crippen LogP contribution in [0.1, 0.15) is 18.5 Å². The van der Waals surface area contributed by atoms with Gasteiger partial charge in [0.15, 0.2) is 0 Å². The summed E-state index contributed by atoms with van der Waals surface area (Å²) >= 11 is 0. The SMILES string of the molecule is C[C@@H](n1ncn(-c2ccccc2)c1=O)[C@@](O)(Cn1cncn1)c1ccc(F)cc1F. The Bertz CT molecular complexity index is 1210. The smallest absolute Gasteiger partial charge is 0.350 e. The lowest BCUT2D eigenvalue weighted by Crippen LogP contribution is -2.44. The molecule has 8 nitrogen and oxygen atoms in total. The Kier molecular flexibility index (Phi) is 5.00. The van der Waals surface area contributed by atoms with Gasteiger partial charge in [-0.3, -0.25) is 0 Å². The molecule has 0 spiro atoms. The molecule has 0 saturated heterocycles. The van der Waals surface area contributed by atoms with Crippen molar-refractivity contribution in [1.29, 1.82) is 0 Å². The lowest BCUT2D eigenvalue weighted by Gasteiger charge is -2.34. The molecule has 2 aromatic heterocycles. The molecule has 4 aromatic rings. The van der Waals surface area contributed by atoms with Gasteiger partial charge in [0.05, 0.1) is 18.3 Å². The van der Waals surface area contributed by atoms with Crippen molar-refractivity contribution in [3.05, 3.63) is 95.2 Å². The molecule has 10 heteroatoms. The standard InChI is InChI=1S/C20H18F2N6O2/c1-14(28-19(29)27(13-25-28)16-5-3-2-4-6-16)20(30,10-26-12-23-11-24-26)17-8-7-15(21)9-18(17)22/h2-9,11-14,30H,10H2,1H3/t14-,20+/m1/s1. The zero-order chi connectivity index (χ0) is 21.3. The van der Waals surface area contributed by atoms with E-state index >= 15 is 0 Å². The van der Waals surface area contributed by atoms with Gasteiger partial charge in [-0.15, -0.1) is 0 Å². The first-order chi connectivity index (χ1) is 14.4. The second kappa shape index (κ2) is 7.64. The fraction of sp³-hybridized carbons (Fsp3) is 0.200. The normalized spacial score (nSPS) is 14.4. The molecule has 30 heavy (non-hydrogen) atoms. The zero-order valence-corrected chi connectivity index (χ0v) is 15.9. The lowest BCUT2D eigenvalue weighted by atomic mass is 9.86. The number of rotatable bonds is 6. The lowest BCUT2D eigenvalue weighted by molar-refractivity contribution is -0.0381. The van der Waals surface area contributed by atoms with Crippen molar-refractivity contribution in [3.8, 4) is 5.69 Å². The highest BCUT2D eigenvalue weighted by atomic mass is 19.1. The van der Waals surface area contributed by atoms with Gasteiger partial charge in [-0.1, -0.05) is 24.3 Å². The molecule has 0 amide bonds. The van der Waals surface area contributed by atoms with Crippen molar-refractivity contribution in [3.63, 3.8) is 0 Å². The van der Waals surface area contributed by atoms with E-state index in [0.29, 0.717) is 11.8 Å². The fourth-order valence-corrected chi connectivity index (χ4v) is 3.39. The quantitative estimate of drug-likeness (QED) is 0.524. The van der Waals surface area contributed by atoms with Gasteiger partial charge in [0.2, 0.25) is 0 Å². The highest BCUT2D eigenvalue weighted by Gasteiger charge is 2.41. The monoisotopic (exact) mass is 412 g/mol. The maximum atomic E-state index is 14.7. The Morgan fingerprint density at radius 1 is 1.10 bits per heavy atom. The Morgan fingerprint density at radius 2 is 1.87 bits per heavy atom. The summed E-state index contributed by atoms with van der Waals surface area (Å²) in [6, 6.07) is 10.7. The van der Waals surface area contributed by atoms with Crippen LogP contribution in [0.15, 0.2) is 72.3 Å². The van der Waals surface area contributed by atoms with Crippen LogP contribution in [0.2, 0.25) is 0 Å². The third kappa shape index (κ3) is 3.41. The molecule has 0 unspecified atom stereocenters. The Hall–Kier alpha value is -3.66. The summed E-state index contributed by atoms with van der Waals surface area (Å²) in [5.41, 5.74) is -2.10. The molecule has 0 aliphatic rings. The van der Waals surface area contributed by atoms with Crippen molar-refractivity contribution in [2.75, 3.05) is 0 Å². The van der Waals surface area contributed by atoms with Crippen LogP contribution in [0.5, 0.6) is 0 Å². The molecule has 154 valence electrons. The van der Waals surface area contributed by atoms with Gasteiger partial charge in [-0.05, 0) is 25.1 Å². The van der Waals surface area contributed by atoms with E-state index in [1.165, 1.54) is 35.2 Å². The molecule has 2 aromatic carbocycles. The van der Waals surface area contributed by atoms with E-state index in [-0.39, 0.29) is 12.1 Å². The number of benzene rings is 2. The first-order valence-corrected chi connectivity index (χ1v) is 9.12. The maximum Gasteiger partial charge on any atom is 0.350 e. The van der Waals surface area contributed by atoms with Crippen molar-refractivity contribution >= 4 is 0 Å². The topological polar surface area (TPSA) is 90.8 Å². The third-order valence-electron chi connectivity index (χ3n) is 5.05. The molecule has 0 aliphatic heterocycles. The van der Waals surface area contributed by atoms with Gasteiger partial charge in [0, 0.05) is 11.6 Å². The van der Waals surface area contributed by atoms with Crippen molar-refractivity contribution in [2.24, 2.45) is 0 Å². The summed E-state index contributed by atoms with van der Waals surface area (Å²) in [7, 11) is 0. The molecule has 0 saturated carbocycles. The molecule has 0 radical (unpaired) electrons. The van der Waals surface area contributed by atoms with Crippen LogP contribution in [0.3, 0.4) is 0 Å². The maximum absolute atomic E-state index is 14.7. The molecule has 0 aliphatic carbocycles. The summed E-state index contributed by atoms with van der Waals surface area (Å²) in [4.78, 5) is 16.8. The highest BCUT2D eigenvalue weighted by Crippen LogP contribution is 2.35. The van der Waals surface area contributed by atoms with Gasteiger partial charge >= 0.3 is 5.69 Å². The molecule has 4 rings (SSSR count). The fourth-order valence-electron chi connectivity index (χ4n) is 3.39. The molecular formula is C20H18F2N6O2. The molecule has 0 fully saturated rings. The van der Waals surface area contributed by atoms with Crippen molar-refractivity contribution < 1.29 is 13.9 Å². The number of aliphatic hydroxyl groups is 1. The summed E-state index contributed by atoms with van der Waals surface area (Å²) in [6.45, 7) is 1.30. The van der Waals surface area contributed by atoms with Crippen LogP contribution >= 0.6 is 0 Å². The zero-order valence-electron chi connectivity index (χ0n) is 15.9. The van der Waals surface area contributed by atoms with Crippen LogP contribution < -0.4 is 5.69 Å². The minimum atomic E-state index is -1.98. The van der Waals surface area contributed by atoms with Gasteiger partial charge in [-0.2, -0.15) is 10.2 Å². The van der Waals surface area contributed by atoms with Gasteiger partial charge in [-0.25, -0.2) is 32.5 Å². The highest BCUT2D eigenvalue weighted by molar-refractivity contribution is 5.31. The average molecular weight is 412 g/mol. The minimum absolute atomic E-state index is 0.187. The summed E-state index contributed by atoms with van der Waals surface area (Å²) in [5.74, 6) is -1.72. The number of hydrogen-bond acceptors (Lipinski definition) is 5. The van der Waals surface area contributed by atoms with E-state index in [2.05, 4.69) is 15.2 Å². The van der Waals surface area contributed by atoms with Crippen LogP contribution in [-0.4, -0.2) is 34.2 Å². The van der Waals surface area contributed by atoms with E-state index in [4.69, 9.17) is 0 Å². The Balaban J connectivity index is 1.82. The Labute approximate surface area is 169 Å². The minimum Gasteiger partial charge on any atom is -0.381 e. The predicted octanol–water partition coefficient (Wildman–Crippen LogP) is 2.05. The number of aromatic nitrogens is 6. The first-order valence-electron chi connectivity index (χ1n) is 9.12. The van der Waals surface area contributed by atoms with Crippen LogP contribution in [-0.2, 0) is 12.1 Å². The van der Waals surface area contributed by atoms with Gasteiger partial charge in [0.25, 0.3) is 0 Å². The Morgan fingerprint density at radius 3 is 2.53 bits per heavy atom. The number of halogens is 2. The summed E-state index contributed by atoms with van der Waals surface area (Å²) < 4.78 is 31.8. The first kappa shape index (κ1) is 19.6. The second-order valence-corrected chi connectivity index (χ2v) is 6.88. The summed E-state index contributed by atoms with van der Waals surface area (Å²) in [6.07, 6.45) is 3.94. The van der Waals surface area contributed by atoms with Crippen molar-refractivity contribution in [2.45, 2.75) is 25.1 Å². The predicted molar refractivity (Wildman–Crippen MR) is 103 cm³/mol. The van der Waals surface area contributed by atoms with Crippen LogP contribution in [0, 0.1) is 11.6 Å². The number of hydrogen-bond donors (Lipinski definition) is 1.